The number of piperidine rings is 1. The van der Waals surface area contributed by atoms with E-state index in [0.717, 1.165) is 23.9 Å². The number of hydrogen-bond donors (Lipinski definition) is 0. The van der Waals surface area contributed by atoms with Gasteiger partial charge < -0.3 is 9.32 Å². The molecule has 1 aromatic carbocycles. The van der Waals surface area contributed by atoms with E-state index in [2.05, 4.69) is 5.10 Å². The second-order valence-corrected chi connectivity index (χ2v) is 6.27. The summed E-state index contributed by atoms with van der Waals surface area (Å²) in [4.78, 5) is 26.3. The van der Waals surface area contributed by atoms with Gasteiger partial charge in [0.25, 0.3) is 0 Å². The standard InChI is InChI=1S/C17H20FN3O3/c1-11-4-3-5-12(2)21(11)15(22)10-20-17(23)24-16(19-20)13-6-8-14(18)9-7-13/h6-9,11-12H,3-5,10H2,1-2H3. The van der Waals surface area contributed by atoms with Crippen LogP contribution in [0.4, 0.5) is 4.39 Å². The summed E-state index contributed by atoms with van der Waals surface area (Å²) >= 11 is 0. The SMILES string of the molecule is CC1CCCC(C)N1C(=O)Cn1nc(-c2ccc(F)cc2)oc1=O. The molecule has 2 aromatic rings. The molecule has 1 aromatic heterocycles. The Hall–Kier alpha value is -2.44. The topological polar surface area (TPSA) is 68.3 Å². The molecule has 0 saturated carbocycles. The van der Waals surface area contributed by atoms with Crippen LogP contribution in [0.15, 0.2) is 33.5 Å². The summed E-state index contributed by atoms with van der Waals surface area (Å²) in [6.07, 6.45) is 3.03. The van der Waals surface area contributed by atoms with Crippen molar-refractivity contribution in [3.8, 4) is 11.5 Å². The van der Waals surface area contributed by atoms with E-state index in [1.807, 2.05) is 18.7 Å². The van der Waals surface area contributed by atoms with Crippen LogP contribution in [-0.2, 0) is 11.3 Å². The van der Waals surface area contributed by atoms with Crippen molar-refractivity contribution >= 4 is 5.91 Å². The fourth-order valence-electron chi connectivity index (χ4n) is 3.24. The summed E-state index contributed by atoms with van der Waals surface area (Å²) < 4.78 is 19.1. The second kappa shape index (κ2) is 6.59. The fraction of sp³-hybridized carbons (Fsp3) is 0.471. The number of amides is 1. The minimum absolute atomic E-state index is 0.0764. The first-order chi connectivity index (χ1) is 11.5. The summed E-state index contributed by atoms with van der Waals surface area (Å²) in [6.45, 7) is 3.88. The van der Waals surface area contributed by atoms with Gasteiger partial charge in [-0.05, 0) is 57.4 Å². The highest BCUT2D eigenvalue weighted by Crippen LogP contribution is 2.23. The smallest absolute Gasteiger partial charge is 0.388 e. The average Bonchev–Trinajstić information content (AvgIpc) is 2.89. The van der Waals surface area contributed by atoms with Crippen LogP contribution in [0.1, 0.15) is 33.1 Å². The fourth-order valence-corrected chi connectivity index (χ4v) is 3.24. The predicted molar refractivity (Wildman–Crippen MR) is 85.8 cm³/mol. The number of rotatable bonds is 3. The maximum atomic E-state index is 13.0. The molecular weight excluding hydrogens is 313 g/mol. The summed E-state index contributed by atoms with van der Waals surface area (Å²) in [5.41, 5.74) is 0.486. The molecule has 0 aliphatic carbocycles. The van der Waals surface area contributed by atoms with Crippen LogP contribution in [0, 0.1) is 5.82 Å². The van der Waals surface area contributed by atoms with Crippen molar-refractivity contribution in [2.75, 3.05) is 0 Å². The Bertz CT molecular complexity index is 771. The summed E-state index contributed by atoms with van der Waals surface area (Å²) in [7, 11) is 0. The van der Waals surface area contributed by atoms with E-state index in [4.69, 9.17) is 4.42 Å². The van der Waals surface area contributed by atoms with Crippen molar-refractivity contribution < 1.29 is 13.6 Å². The molecule has 2 atom stereocenters. The van der Waals surface area contributed by atoms with Crippen molar-refractivity contribution in [3.05, 3.63) is 40.6 Å². The Labute approximate surface area is 138 Å². The zero-order valence-electron chi connectivity index (χ0n) is 13.7. The normalized spacial score (nSPS) is 21.0. The summed E-state index contributed by atoms with van der Waals surface area (Å²) in [6, 6.07) is 5.77. The Balaban J connectivity index is 1.79. The second-order valence-electron chi connectivity index (χ2n) is 6.27. The molecule has 1 aliphatic heterocycles. The molecule has 1 aliphatic rings. The van der Waals surface area contributed by atoms with Gasteiger partial charge in [-0.25, -0.2) is 9.18 Å². The number of benzene rings is 1. The van der Waals surface area contributed by atoms with Crippen LogP contribution in [0.5, 0.6) is 0 Å². The summed E-state index contributed by atoms with van der Waals surface area (Å²) in [5.74, 6) is -1.15. The van der Waals surface area contributed by atoms with E-state index in [-0.39, 0.29) is 36.2 Å². The lowest BCUT2D eigenvalue weighted by Gasteiger charge is -2.38. The third-order valence-corrected chi connectivity index (χ3v) is 4.46. The van der Waals surface area contributed by atoms with Crippen molar-refractivity contribution in [2.24, 2.45) is 0 Å². The van der Waals surface area contributed by atoms with E-state index < -0.39 is 5.76 Å². The quantitative estimate of drug-likeness (QED) is 0.865. The molecule has 1 fully saturated rings. The molecule has 1 amide bonds. The van der Waals surface area contributed by atoms with Gasteiger partial charge in [-0.15, -0.1) is 5.10 Å². The van der Waals surface area contributed by atoms with E-state index in [9.17, 15) is 14.0 Å². The molecule has 6 nitrogen and oxygen atoms in total. The molecule has 0 radical (unpaired) electrons. The molecular formula is C17H20FN3O3. The molecule has 24 heavy (non-hydrogen) atoms. The molecule has 3 rings (SSSR count). The molecule has 0 spiro atoms. The largest absolute Gasteiger partial charge is 0.437 e. The molecule has 7 heteroatoms. The number of likely N-dealkylation sites (tertiary alicyclic amines) is 1. The highest BCUT2D eigenvalue weighted by molar-refractivity contribution is 5.76. The van der Waals surface area contributed by atoms with Gasteiger partial charge in [0.15, 0.2) is 0 Å². The van der Waals surface area contributed by atoms with Gasteiger partial charge in [-0.1, -0.05) is 0 Å². The third-order valence-electron chi connectivity index (χ3n) is 4.46. The Morgan fingerprint density at radius 1 is 1.25 bits per heavy atom. The van der Waals surface area contributed by atoms with Gasteiger partial charge in [0, 0.05) is 17.6 Å². The number of aromatic nitrogens is 2. The van der Waals surface area contributed by atoms with E-state index in [0.29, 0.717) is 5.56 Å². The molecule has 2 unspecified atom stereocenters. The molecule has 1 saturated heterocycles. The van der Waals surface area contributed by atoms with Gasteiger partial charge >= 0.3 is 5.76 Å². The van der Waals surface area contributed by atoms with Crippen LogP contribution >= 0.6 is 0 Å². The van der Waals surface area contributed by atoms with Crippen molar-refractivity contribution in [1.29, 1.82) is 0 Å². The van der Waals surface area contributed by atoms with Crippen molar-refractivity contribution in [1.82, 2.24) is 14.7 Å². The van der Waals surface area contributed by atoms with Gasteiger partial charge in [-0.3, -0.25) is 4.79 Å². The zero-order chi connectivity index (χ0) is 17.3. The van der Waals surface area contributed by atoms with Gasteiger partial charge in [-0.2, -0.15) is 4.68 Å². The van der Waals surface area contributed by atoms with E-state index >= 15 is 0 Å². The number of nitrogens with zero attached hydrogens (tertiary/aromatic N) is 3. The molecule has 0 N–H and O–H groups in total. The average molecular weight is 333 g/mol. The highest BCUT2D eigenvalue weighted by atomic mass is 19.1. The Morgan fingerprint density at radius 2 is 1.88 bits per heavy atom. The van der Waals surface area contributed by atoms with Crippen molar-refractivity contribution in [2.45, 2.75) is 51.7 Å². The lowest BCUT2D eigenvalue weighted by molar-refractivity contribution is -0.138. The van der Waals surface area contributed by atoms with E-state index in [1.54, 1.807) is 0 Å². The number of hydrogen-bond acceptors (Lipinski definition) is 4. The number of halogens is 1. The van der Waals surface area contributed by atoms with Crippen LogP contribution in [0.3, 0.4) is 0 Å². The monoisotopic (exact) mass is 333 g/mol. The van der Waals surface area contributed by atoms with Gasteiger partial charge in [0.1, 0.15) is 12.4 Å². The van der Waals surface area contributed by atoms with Crippen LogP contribution in [-0.4, -0.2) is 32.7 Å². The first-order valence-electron chi connectivity index (χ1n) is 8.11. The first kappa shape index (κ1) is 16.4. The minimum atomic E-state index is -0.694. The van der Waals surface area contributed by atoms with Crippen molar-refractivity contribution in [3.63, 3.8) is 0 Å². The summed E-state index contributed by atoms with van der Waals surface area (Å²) in [5, 5.41) is 4.06. The minimum Gasteiger partial charge on any atom is -0.388 e. The van der Waals surface area contributed by atoms with Crippen LogP contribution in [0.2, 0.25) is 0 Å². The highest BCUT2D eigenvalue weighted by Gasteiger charge is 2.29. The van der Waals surface area contributed by atoms with Gasteiger partial charge in [0.2, 0.25) is 11.8 Å². The lowest BCUT2D eigenvalue weighted by Crippen LogP contribution is -2.49. The van der Waals surface area contributed by atoms with Crippen LogP contribution in [0.25, 0.3) is 11.5 Å². The molecule has 128 valence electrons. The third kappa shape index (κ3) is 3.25. The van der Waals surface area contributed by atoms with E-state index in [1.165, 1.54) is 24.3 Å². The van der Waals surface area contributed by atoms with Gasteiger partial charge in [0.05, 0.1) is 0 Å². The lowest BCUT2D eigenvalue weighted by atomic mass is 9.97. The zero-order valence-corrected chi connectivity index (χ0v) is 13.7. The maximum absolute atomic E-state index is 13.0. The maximum Gasteiger partial charge on any atom is 0.437 e. The first-order valence-corrected chi connectivity index (χ1v) is 8.11. The number of carbonyl (C=O) groups is 1. The van der Waals surface area contributed by atoms with Crippen LogP contribution < -0.4 is 5.76 Å². The molecule has 0 bridgehead atoms. The molecule has 2 heterocycles. The Kier molecular flexibility index (Phi) is 4.51. The number of carbonyl (C=O) groups excluding carboxylic acids is 1. The predicted octanol–water partition coefficient (Wildman–Crippen LogP) is 2.43. The Morgan fingerprint density at radius 3 is 2.50 bits per heavy atom.